The SMILES string of the molecule is CCOCCOCCOc1ccc(C[C@H](OS(C)(=O)=O)C(=O)O)cc1. The molecule has 0 radical (unpaired) electrons. The molecule has 0 amide bonds. The molecule has 0 fully saturated rings. The first-order chi connectivity index (χ1) is 11.8. The maximum atomic E-state index is 11.1. The summed E-state index contributed by atoms with van der Waals surface area (Å²) in [6.07, 6.45) is -0.708. The van der Waals surface area contributed by atoms with Gasteiger partial charge in [0.2, 0.25) is 0 Å². The highest BCUT2D eigenvalue weighted by Gasteiger charge is 2.23. The van der Waals surface area contributed by atoms with E-state index in [2.05, 4.69) is 4.18 Å². The van der Waals surface area contributed by atoms with Gasteiger partial charge in [-0.05, 0) is 24.6 Å². The van der Waals surface area contributed by atoms with Crippen LogP contribution in [0.25, 0.3) is 0 Å². The van der Waals surface area contributed by atoms with Gasteiger partial charge in [0, 0.05) is 13.0 Å². The number of ether oxygens (including phenoxy) is 3. The summed E-state index contributed by atoms with van der Waals surface area (Å²) in [5, 5.41) is 9.04. The molecule has 0 aliphatic carbocycles. The first-order valence-corrected chi connectivity index (χ1v) is 9.61. The third-order valence-corrected chi connectivity index (χ3v) is 3.57. The van der Waals surface area contributed by atoms with Crippen LogP contribution < -0.4 is 4.74 Å². The second-order valence-corrected chi connectivity index (χ2v) is 6.73. The lowest BCUT2D eigenvalue weighted by molar-refractivity contribution is -0.144. The number of hydrogen-bond donors (Lipinski definition) is 1. The van der Waals surface area contributed by atoms with Crippen molar-refractivity contribution in [1.29, 1.82) is 0 Å². The van der Waals surface area contributed by atoms with Crippen molar-refractivity contribution < 1.29 is 36.7 Å². The van der Waals surface area contributed by atoms with Crippen LogP contribution in [0.2, 0.25) is 0 Å². The summed E-state index contributed by atoms with van der Waals surface area (Å²) in [6, 6.07) is 6.67. The summed E-state index contributed by atoms with van der Waals surface area (Å²) in [4.78, 5) is 11.1. The molecule has 1 aromatic carbocycles. The van der Waals surface area contributed by atoms with Gasteiger partial charge in [0.1, 0.15) is 12.4 Å². The fourth-order valence-electron chi connectivity index (χ4n) is 1.89. The van der Waals surface area contributed by atoms with Gasteiger partial charge in [0.15, 0.2) is 6.10 Å². The Kier molecular flexibility index (Phi) is 9.43. The van der Waals surface area contributed by atoms with E-state index >= 15 is 0 Å². The molecule has 0 saturated carbocycles. The van der Waals surface area contributed by atoms with Gasteiger partial charge >= 0.3 is 5.97 Å². The van der Waals surface area contributed by atoms with Gasteiger partial charge in [-0.3, -0.25) is 4.18 Å². The third-order valence-electron chi connectivity index (χ3n) is 2.98. The zero-order chi connectivity index (χ0) is 18.7. The van der Waals surface area contributed by atoms with Crippen molar-refractivity contribution in [2.45, 2.75) is 19.4 Å². The van der Waals surface area contributed by atoms with Crippen LogP contribution in [0.15, 0.2) is 24.3 Å². The smallest absolute Gasteiger partial charge is 0.334 e. The molecule has 142 valence electrons. The summed E-state index contributed by atoms with van der Waals surface area (Å²) < 4.78 is 42.7. The maximum absolute atomic E-state index is 11.1. The van der Waals surface area contributed by atoms with Crippen LogP contribution >= 0.6 is 0 Å². The zero-order valence-electron chi connectivity index (χ0n) is 14.3. The van der Waals surface area contributed by atoms with E-state index in [-0.39, 0.29) is 6.42 Å². The van der Waals surface area contributed by atoms with Gasteiger partial charge in [-0.25, -0.2) is 4.79 Å². The molecule has 1 aromatic rings. The van der Waals surface area contributed by atoms with Gasteiger partial charge in [-0.1, -0.05) is 12.1 Å². The minimum Gasteiger partial charge on any atom is -0.491 e. The van der Waals surface area contributed by atoms with Crippen molar-refractivity contribution in [2.75, 3.05) is 39.3 Å². The molecule has 25 heavy (non-hydrogen) atoms. The van der Waals surface area contributed by atoms with Crippen LogP contribution in [-0.2, 0) is 35.0 Å². The van der Waals surface area contributed by atoms with Crippen molar-refractivity contribution in [3.05, 3.63) is 29.8 Å². The van der Waals surface area contributed by atoms with Crippen LogP contribution in [0.1, 0.15) is 12.5 Å². The van der Waals surface area contributed by atoms with Crippen LogP contribution in [0.5, 0.6) is 5.75 Å². The largest absolute Gasteiger partial charge is 0.491 e. The van der Waals surface area contributed by atoms with Crippen molar-refractivity contribution in [3.8, 4) is 5.75 Å². The summed E-state index contributed by atoms with van der Waals surface area (Å²) in [5.41, 5.74) is 0.622. The highest BCUT2D eigenvalue weighted by molar-refractivity contribution is 7.86. The van der Waals surface area contributed by atoms with Gasteiger partial charge in [0.25, 0.3) is 10.1 Å². The molecule has 0 saturated heterocycles. The Hall–Kier alpha value is -1.68. The van der Waals surface area contributed by atoms with Crippen LogP contribution in [0.4, 0.5) is 0 Å². The van der Waals surface area contributed by atoms with Crippen molar-refractivity contribution in [1.82, 2.24) is 0 Å². The molecule has 0 aliphatic heterocycles. The van der Waals surface area contributed by atoms with Crippen LogP contribution in [-0.4, -0.2) is 64.9 Å². The molecule has 0 heterocycles. The van der Waals surface area contributed by atoms with E-state index in [1.807, 2.05) is 6.92 Å². The second-order valence-electron chi connectivity index (χ2n) is 5.13. The van der Waals surface area contributed by atoms with E-state index < -0.39 is 22.2 Å². The number of rotatable bonds is 13. The summed E-state index contributed by atoms with van der Waals surface area (Å²) >= 11 is 0. The molecule has 8 nitrogen and oxygen atoms in total. The average Bonchev–Trinajstić information content (AvgIpc) is 2.53. The second kappa shape index (κ2) is 11.0. The molecule has 0 aliphatic rings. The standard InChI is InChI=1S/C16H24O8S/c1-3-21-8-9-22-10-11-23-14-6-4-13(5-7-14)12-15(16(17)18)24-25(2,19)20/h4-7,15H,3,8-12H2,1-2H3,(H,17,18)/t15-/m0/s1. The molecular weight excluding hydrogens is 352 g/mol. The number of carboxylic acids is 1. The van der Waals surface area contributed by atoms with E-state index in [0.717, 1.165) is 6.26 Å². The molecule has 0 unspecified atom stereocenters. The van der Waals surface area contributed by atoms with E-state index in [0.29, 0.717) is 44.3 Å². The van der Waals surface area contributed by atoms with Gasteiger partial charge in [-0.2, -0.15) is 8.42 Å². The highest BCUT2D eigenvalue weighted by atomic mass is 32.2. The topological polar surface area (TPSA) is 108 Å². The first kappa shape index (κ1) is 21.4. The van der Waals surface area contributed by atoms with E-state index in [9.17, 15) is 13.2 Å². The molecule has 0 spiro atoms. The third kappa shape index (κ3) is 10.0. The molecular formula is C16H24O8S. The number of carboxylic acid groups (broad SMARTS) is 1. The van der Waals surface area contributed by atoms with Crippen molar-refractivity contribution >= 4 is 16.1 Å². The molecule has 0 aromatic heterocycles. The fourth-order valence-corrected chi connectivity index (χ4v) is 2.46. The zero-order valence-corrected chi connectivity index (χ0v) is 15.2. The normalized spacial score (nSPS) is 12.7. The average molecular weight is 376 g/mol. The van der Waals surface area contributed by atoms with Crippen molar-refractivity contribution in [3.63, 3.8) is 0 Å². The Bertz CT molecular complexity index is 612. The minimum absolute atomic E-state index is 0.0662. The van der Waals surface area contributed by atoms with E-state index in [1.54, 1.807) is 24.3 Å². The summed E-state index contributed by atoms with van der Waals surface area (Å²) in [6.45, 7) is 4.43. The lowest BCUT2D eigenvalue weighted by Gasteiger charge is -2.12. The lowest BCUT2D eigenvalue weighted by Crippen LogP contribution is -2.28. The van der Waals surface area contributed by atoms with Gasteiger partial charge in [-0.15, -0.1) is 0 Å². The summed E-state index contributed by atoms with van der Waals surface area (Å²) in [7, 11) is -3.85. The Labute approximate surface area is 147 Å². The quantitative estimate of drug-likeness (QED) is 0.403. The van der Waals surface area contributed by atoms with E-state index in [4.69, 9.17) is 19.3 Å². The maximum Gasteiger partial charge on any atom is 0.334 e. The Balaban J connectivity index is 2.40. The number of hydrogen-bond acceptors (Lipinski definition) is 7. The molecule has 1 rings (SSSR count). The number of aliphatic carboxylic acids is 1. The Morgan fingerprint density at radius 3 is 2.24 bits per heavy atom. The van der Waals surface area contributed by atoms with Crippen LogP contribution in [0.3, 0.4) is 0 Å². The van der Waals surface area contributed by atoms with E-state index in [1.165, 1.54) is 0 Å². The molecule has 9 heteroatoms. The van der Waals surface area contributed by atoms with Gasteiger partial charge in [0.05, 0.1) is 26.1 Å². The Morgan fingerprint density at radius 1 is 1.08 bits per heavy atom. The summed E-state index contributed by atoms with van der Waals surface area (Å²) in [5.74, 6) is -0.733. The lowest BCUT2D eigenvalue weighted by atomic mass is 10.1. The number of benzene rings is 1. The van der Waals surface area contributed by atoms with Crippen molar-refractivity contribution in [2.24, 2.45) is 0 Å². The predicted molar refractivity (Wildman–Crippen MR) is 90.3 cm³/mol. The molecule has 0 bridgehead atoms. The monoisotopic (exact) mass is 376 g/mol. The molecule has 1 atom stereocenters. The Morgan fingerprint density at radius 2 is 1.68 bits per heavy atom. The highest BCUT2D eigenvalue weighted by Crippen LogP contribution is 2.15. The van der Waals surface area contributed by atoms with Crippen LogP contribution in [0, 0.1) is 0 Å². The number of carbonyl (C=O) groups is 1. The first-order valence-electron chi connectivity index (χ1n) is 7.80. The molecule has 1 N–H and O–H groups in total. The fraction of sp³-hybridized carbons (Fsp3) is 0.562. The predicted octanol–water partition coefficient (Wildman–Crippen LogP) is 1.09. The minimum atomic E-state index is -3.85. The van der Waals surface area contributed by atoms with Gasteiger partial charge < -0.3 is 19.3 Å².